The van der Waals surface area contributed by atoms with E-state index in [2.05, 4.69) is 35.6 Å². The minimum Gasteiger partial charge on any atom is -0.396 e. The Bertz CT molecular complexity index is 295. The van der Waals surface area contributed by atoms with Gasteiger partial charge in [-0.1, -0.05) is 36.8 Å². The van der Waals surface area contributed by atoms with Crippen molar-refractivity contribution in [2.45, 2.75) is 44.2 Å². The van der Waals surface area contributed by atoms with E-state index in [4.69, 9.17) is 5.11 Å². The van der Waals surface area contributed by atoms with Crippen molar-refractivity contribution in [2.24, 2.45) is 0 Å². The molecule has 1 unspecified atom stereocenters. The molecule has 0 amide bonds. The van der Waals surface area contributed by atoms with E-state index in [1.54, 1.807) is 0 Å². The van der Waals surface area contributed by atoms with Crippen molar-refractivity contribution in [3.05, 3.63) is 35.9 Å². The molecule has 2 rings (SSSR count). The van der Waals surface area contributed by atoms with Crippen LogP contribution in [0.25, 0.3) is 0 Å². The normalized spacial score (nSPS) is 18.1. The van der Waals surface area contributed by atoms with Crippen LogP contribution in [0.3, 0.4) is 0 Å². The zero-order chi connectivity index (χ0) is 11.2. The summed E-state index contributed by atoms with van der Waals surface area (Å²) >= 11 is 0. The molecule has 1 fully saturated rings. The largest absolute Gasteiger partial charge is 0.396 e. The summed E-state index contributed by atoms with van der Waals surface area (Å²) < 4.78 is 0. The van der Waals surface area contributed by atoms with Gasteiger partial charge >= 0.3 is 0 Å². The molecule has 0 radical (unpaired) electrons. The number of nitrogens with one attached hydrogen (secondary N) is 1. The molecule has 1 aliphatic rings. The first-order chi connectivity index (χ1) is 7.90. The number of aliphatic hydroxyl groups excluding tert-OH is 1. The van der Waals surface area contributed by atoms with E-state index in [9.17, 15) is 0 Å². The molecule has 2 nitrogen and oxygen atoms in total. The molecule has 16 heavy (non-hydrogen) atoms. The van der Waals surface area contributed by atoms with Gasteiger partial charge in [-0.15, -0.1) is 0 Å². The minimum atomic E-state index is 0.287. The highest BCUT2D eigenvalue weighted by molar-refractivity contribution is 5.19. The Labute approximate surface area is 97.7 Å². The van der Waals surface area contributed by atoms with Crippen LogP contribution >= 0.6 is 0 Å². The van der Waals surface area contributed by atoms with Gasteiger partial charge in [0, 0.05) is 18.7 Å². The molecule has 0 bridgehead atoms. The van der Waals surface area contributed by atoms with Crippen LogP contribution in [0.5, 0.6) is 0 Å². The van der Waals surface area contributed by atoms with Crippen molar-refractivity contribution in [3.8, 4) is 0 Å². The highest BCUT2D eigenvalue weighted by atomic mass is 16.2. The molecule has 0 spiro atoms. The summed E-state index contributed by atoms with van der Waals surface area (Å²) in [7, 11) is 0. The Hall–Kier alpha value is -0.860. The number of rotatable bonds is 6. The summed E-state index contributed by atoms with van der Waals surface area (Å²) in [5.41, 5.74) is 1.35. The molecule has 1 aromatic carbocycles. The van der Waals surface area contributed by atoms with Crippen molar-refractivity contribution in [3.63, 3.8) is 0 Å². The zero-order valence-corrected chi connectivity index (χ0v) is 9.73. The fourth-order valence-corrected chi connectivity index (χ4v) is 2.19. The Balaban J connectivity index is 1.95. The number of hydrogen-bond acceptors (Lipinski definition) is 2. The molecule has 0 heterocycles. The van der Waals surface area contributed by atoms with Crippen LogP contribution in [0.2, 0.25) is 0 Å². The molecule has 88 valence electrons. The van der Waals surface area contributed by atoms with Crippen LogP contribution in [0, 0.1) is 0 Å². The molecule has 1 saturated carbocycles. The predicted molar refractivity (Wildman–Crippen MR) is 66.3 cm³/mol. The minimum absolute atomic E-state index is 0.287. The SMILES string of the molecule is OCCCC(NC1CCC1)c1ccccc1. The fourth-order valence-electron chi connectivity index (χ4n) is 2.19. The van der Waals surface area contributed by atoms with Crippen molar-refractivity contribution in [1.29, 1.82) is 0 Å². The van der Waals surface area contributed by atoms with Gasteiger partial charge in [0.25, 0.3) is 0 Å². The average molecular weight is 219 g/mol. The van der Waals surface area contributed by atoms with Crippen molar-refractivity contribution in [2.75, 3.05) is 6.61 Å². The van der Waals surface area contributed by atoms with E-state index in [1.807, 2.05) is 0 Å². The summed E-state index contributed by atoms with van der Waals surface area (Å²) in [6.45, 7) is 0.287. The second-order valence-electron chi connectivity index (χ2n) is 4.62. The zero-order valence-electron chi connectivity index (χ0n) is 9.73. The third-order valence-electron chi connectivity index (χ3n) is 3.39. The quantitative estimate of drug-likeness (QED) is 0.771. The van der Waals surface area contributed by atoms with Crippen LogP contribution < -0.4 is 5.32 Å². The van der Waals surface area contributed by atoms with Gasteiger partial charge in [0.2, 0.25) is 0 Å². The predicted octanol–water partition coefficient (Wildman–Crippen LogP) is 2.64. The third kappa shape index (κ3) is 3.06. The Morgan fingerprint density at radius 1 is 1.25 bits per heavy atom. The Morgan fingerprint density at radius 3 is 2.56 bits per heavy atom. The van der Waals surface area contributed by atoms with Gasteiger partial charge in [0.1, 0.15) is 0 Å². The van der Waals surface area contributed by atoms with E-state index < -0.39 is 0 Å². The maximum atomic E-state index is 8.94. The van der Waals surface area contributed by atoms with E-state index in [0.717, 1.165) is 12.8 Å². The summed E-state index contributed by atoms with van der Waals surface area (Å²) in [4.78, 5) is 0. The standard InChI is InChI=1S/C14H21NO/c16-11-5-10-14(15-13-8-4-9-13)12-6-2-1-3-7-12/h1-3,6-7,13-16H,4-5,8-11H2. The Morgan fingerprint density at radius 2 is 2.00 bits per heavy atom. The van der Waals surface area contributed by atoms with Gasteiger partial charge in [0.05, 0.1) is 0 Å². The molecule has 0 aliphatic heterocycles. The first-order valence-electron chi connectivity index (χ1n) is 6.32. The number of aliphatic hydroxyl groups is 1. The van der Waals surface area contributed by atoms with E-state index >= 15 is 0 Å². The smallest absolute Gasteiger partial charge is 0.0431 e. The molecular formula is C14H21NO. The highest BCUT2D eigenvalue weighted by Gasteiger charge is 2.21. The summed E-state index contributed by atoms with van der Waals surface area (Å²) in [5, 5.41) is 12.6. The summed E-state index contributed by atoms with van der Waals surface area (Å²) in [5.74, 6) is 0. The van der Waals surface area contributed by atoms with Crippen molar-refractivity contribution in [1.82, 2.24) is 5.32 Å². The molecule has 2 heteroatoms. The third-order valence-corrected chi connectivity index (χ3v) is 3.39. The molecule has 0 saturated heterocycles. The van der Waals surface area contributed by atoms with Gasteiger partial charge in [-0.3, -0.25) is 0 Å². The summed E-state index contributed by atoms with van der Waals surface area (Å²) in [6.07, 6.45) is 5.88. The van der Waals surface area contributed by atoms with Crippen LogP contribution in [0.15, 0.2) is 30.3 Å². The van der Waals surface area contributed by atoms with Gasteiger partial charge < -0.3 is 10.4 Å². The molecule has 1 atom stereocenters. The van der Waals surface area contributed by atoms with Crippen LogP contribution in [-0.4, -0.2) is 17.8 Å². The van der Waals surface area contributed by atoms with Gasteiger partial charge in [0.15, 0.2) is 0 Å². The van der Waals surface area contributed by atoms with E-state index in [-0.39, 0.29) is 6.61 Å². The lowest BCUT2D eigenvalue weighted by Crippen LogP contribution is -2.38. The molecule has 0 aromatic heterocycles. The van der Waals surface area contributed by atoms with Crippen LogP contribution in [0.1, 0.15) is 43.7 Å². The average Bonchev–Trinajstić information content (AvgIpc) is 2.28. The lowest BCUT2D eigenvalue weighted by Gasteiger charge is -2.32. The summed E-state index contributed by atoms with van der Waals surface area (Å²) in [6, 6.07) is 11.7. The fraction of sp³-hybridized carbons (Fsp3) is 0.571. The maximum Gasteiger partial charge on any atom is 0.0431 e. The van der Waals surface area contributed by atoms with E-state index in [0.29, 0.717) is 12.1 Å². The van der Waals surface area contributed by atoms with Gasteiger partial charge in [-0.25, -0.2) is 0 Å². The molecule has 2 N–H and O–H groups in total. The van der Waals surface area contributed by atoms with Gasteiger partial charge in [-0.2, -0.15) is 0 Å². The lowest BCUT2D eigenvalue weighted by molar-refractivity contribution is 0.256. The van der Waals surface area contributed by atoms with Crippen LogP contribution in [-0.2, 0) is 0 Å². The maximum absolute atomic E-state index is 8.94. The van der Waals surface area contributed by atoms with Crippen molar-refractivity contribution >= 4 is 0 Å². The van der Waals surface area contributed by atoms with Crippen molar-refractivity contribution < 1.29 is 5.11 Å². The topological polar surface area (TPSA) is 32.3 Å². The molecule has 1 aliphatic carbocycles. The second kappa shape index (κ2) is 6.02. The van der Waals surface area contributed by atoms with Gasteiger partial charge in [-0.05, 0) is 31.2 Å². The molecular weight excluding hydrogens is 198 g/mol. The monoisotopic (exact) mass is 219 g/mol. The first-order valence-corrected chi connectivity index (χ1v) is 6.32. The second-order valence-corrected chi connectivity index (χ2v) is 4.62. The highest BCUT2D eigenvalue weighted by Crippen LogP contribution is 2.25. The van der Waals surface area contributed by atoms with E-state index in [1.165, 1.54) is 24.8 Å². The molecule has 1 aromatic rings. The Kier molecular flexibility index (Phi) is 4.37. The number of benzene rings is 1. The first kappa shape index (κ1) is 11.6. The lowest BCUT2D eigenvalue weighted by atomic mass is 9.90. The van der Waals surface area contributed by atoms with Crippen LogP contribution in [0.4, 0.5) is 0 Å². The number of hydrogen-bond donors (Lipinski definition) is 2.